The van der Waals surface area contributed by atoms with E-state index in [0.717, 1.165) is 29.7 Å². The first-order chi connectivity index (χ1) is 13.5. The van der Waals surface area contributed by atoms with Crippen molar-refractivity contribution >= 4 is 34.1 Å². The van der Waals surface area contributed by atoms with E-state index in [4.69, 9.17) is 4.98 Å². The first-order valence-electron chi connectivity index (χ1n) is 9.05. The first-order valence-corrected chi connectivity index (χ1v) is 10.9. The number of benzene rings is 1. The minimum Gasteiger partial charge on any atom is -0.301 e. The van der Waals surface area contributed by atoms with Gasteiger partial charge < -0.3 is 10.3 Å². The van der Waals surface area contributed by atoms with E-state index in [1.807, 2.05) is 18.2 Å². The average Bonchev–Trinajstić information content (AvgIpc) is 3.19. The Balaban J connectivity index is 1.65. The molecule has 0 radical (unpaired) electrons. The molecule has 0 saturated carbocycles. The second-order valence-electron chi connectivity index (χ2n) is 7.02. The van der Waals surface area contributed by atoms with Crippen LogP contribution in [0.4, 0.5) is 5.13 Å². The number of carbonyl (C=O) groups is 1. The number of thioether (sulfide) groups is 1. The van der Waals surface area contributed by atoms with Crippen molar-refractivity contribution in [3.05, 3.63) is 57.3 Å². The molecule has 0 unspecified atom stereocenters. The number of rotatable bonds is 5. The summed E-state index contributed by atoms with van der Waals surface area (Å²) in [5.74, 6) is -0.0345. The lowest BCUT2D eigenvalue weighted by molar-refractivity contribution is -0.113. The number of hydrogen-bond acceptors (Lipinski definition) is 6. The zero-order chi connectivity index (χ0) is 19.7. The molecule has 1 aliphatic carbocycles. The minimum absolute atomic E-state index is 0.119. The van der Waals surface area contributed by atoms with Gasteiger partial charge in [0.2, 0.25) is 5.91 Å². The molecule has 2 aromatic heterocycles. The summed E-state index contributed by atoms with van der Waals surface area (Å²) in [6, 6.07) is 8.10. The number of fused-ring (bicyclic) bond motifs is 3. The normalized spacial score (nSPS) is 17.6. The highest BCUT2D eigenvalue weighted by Gasteiger charge is 2.37. The van der Waals surface area contributed by atoms with Crippen LogP contribution < -0.4 is 10.9 Å². The van der Waals surface area contributed by atoms with E-state index in [0.29, 0.717) is 10.3 Å². The summed E-state index contributed by atoms with van der Waals surface area (Å²) >= 11 is 2.58. The molecule has 6 nitrogen and oxygen atoms in total. The van der Waals surface area contributed by atoms with Gasteiger partial charge in [0.15, 0.2) is 10.3 Å². The molecule has 2 N–H and O–H groups in total. The van der Waals surface area contributed by atoms with Gasteiger partial charge in [0.05, 0.1) is 11.4 Å². The highest BCUT2D eigenvalue weighted by atomic mass is 32.2. The van der Waals surface area contributed by atoms with Gasteiger partial charge in [0, 0.05) is 28.1 Å². The molecule has 0 spiro atoms. The maximum absolute atomic E-state index is 13.0. The SMILES string of the molecule is CC[C@]1(C)Cc2ccccc2-c2nc(SCC(=O)Nc3nccs3)[nH]c(=O)c21. The van der Waals surface area contributed by atoms with Gasteiger partial charge in [-0.05, 0) is 18.4 Å². The van der Waals surface area contributed by atoms with E-state index in [9.17, 15) is 9.59 Å². The van der Waals surface area contributed by atoms with E-state index in [1.54, 1.807) is 11.6 Å². The van der Waals surface area contributed by atoms with Gasteiger partial charge in [-0.3, -0.25) is 9.59 Å². The predicted molar refractivity (Wildman–Crippen MR) is 113 cm³/mol. The standard InChI is InChI=1S/C20H20N4O2S2/c1-3-20(2)10-12-6-4-5-7-13(12)16-15(20)17(26)24-19(23-16)28-11-14(25)22-18-21-8-9-27-18/h4-9H,3,10-11H2,1-2H3,(H,21,22,25)(H,23,24,26)/t20-/m1/s1. The number of aromatic amines is 1. The van der Waals surface area contributed by atoms with Crippen molar-refractivity contribution in [3.63, 3.8) is 0 Å². The van der Waals surface area contributed by atoms with Crippen LogP contribution in [0.1, 0.15) is 31.4 Å². The van der Waals surface area contributed by atoms with E-state index in [2.05, 4.69) is 35.2 Å². The molecular weight excluding hydrogens is 392 g/mol. The van der Waals surface area contributed by atoms with Crippen molar-refractivity contribution in [1.29, 1.82) is 0 Å². The Bertz CT molecular complexity index is 1080. The quantitative estimate of drug-likeness (QED) is 0.491. The molecule has 8 heteroatoms. The number of hydrogen-bond donors (Lipinski definition) is 2. The fourth-order valence-electron chi connectivity index (χ4n) is 3.57. The number of nitrogens with one attached hydrogen (secondary N) is 2. The third-order valence-electron chi connectivity index (χ3n) is 5.15. The molecule has 0 bridgehead atoms. The molecule has 2 heterocycles. The van der Waals surface area contributed by atoms with Crippen molar-refractivity contribution < 1.29 is 4.79 Å². The Morgan fingerprint density at radius 1 is 1.39 bits per heavy atom. The lowest BCUT2D eigenvalue weighted by Gasteiger charge is -2.34. The third-order valence-corrected chi connectivity index (χ3v) is 6.72. The van der Waals surface area contributed by atoms with Crippen LogP contribution >= 0.6 is 23.1 Å². The zero-order valence-corrected chi connectivity index (χ0v) is 17.2. The summed E-state index contributed by atoms with van der Waals surface area (Å²) in [7, 11) is 0. The van der Waals surface area contributed by atoms with Crippen molar-refractivity contribution in [2.45, 2.75) is 37.3 Å². The number of aromatic nitrogens is 3. The van der Waals surface area contributed by atoms with Crippen LogP contribution in [0.15, 0.2) is 45.8 Å². The summed E-state index contributed by atoms with van der Waals surface area (Å²) in [5.41, 5.74) is 3.31. The van der Waals surface area contributed by atoms with Crippen molar-refractivity contribution in [3.8, 4) is 11.3 Å². The van der Waals surface area contributed by atoms with Gasteiger partial charge in [-0.2, -0.15) is 0 Å². The lowest BCUT2D eigenvalue weighted by atomic mass is 9.69. The van der Waals surface area contributed by atoms with Crippen LogP contribution in [0.5, 0.6) is 0 Å². The number of H-pyrrole nitrogens is 1. The van der Waals surface area contributed by atoms with E-state index in [1.165, 1.54) is 28.7 Å². The number of thiazole rings is 1. The second kappa shape index (κ2) is 7.52. The summed E-state index contributed by atoms with van der Waals surface area (Å²) in [6.07, 6.45) is 3.31. The zero-order valence-electron chi connectivity index (χ0n) is 15.6. The molecule has 4 rings (SSSR count). The molecule has 1 atom stereocenters. The molecule has 0 saturated heterocycles. The molecule has 144 valence electrons. The van der Waals surface area contributed by atoms with Crippen molar-refractivity contribution in [2.75, 3.05) is 11.1 Å². The number of nitrogens with zero attached hydrogens (tertiary/aromatic N) is 2. The smallest absolute Gasteiger partial charge is 0.255 e. The van der Waals surface area contributed by atoms with Crippen LogP contribution in [-0.4, -0.2) is 26.6 Å². The molecule has 0 aliphatic heterocycles. The van der Waals surface area contributed by atoms with Crippen molar-refractivity contribution in [2.24, 2.45) is 0 Å². The summed E-state index contributed by atoms with van der Waals surface area (Å²) in [6.45, 7) is 4.22. The van der Waals surface area contributed by atoms with E-state index in [-0.39, 0.29) is 22.6 Å². The molecule has 28 heavy (non-hydrogen) atoms. The number of carbonyl (C=O) groups excluding carboxylic acids is 1. The van der Waals surface area contributed by atoms with Gasteiger partial charge >= 0.3 is 0 Å². The van der Waals surface area contributed by atoms with E-state index >= 15 is 0 Å². The topological polar surface area (TPSA) is 87.7 Å². The summed E-state index contributed by atoms with van der Waals surface area (Å²) < 4.78 is 0. The maximum atomic E-state index is 13.0. The molecule has 0 fully saturated rings. The second-order valence-corrected chi connectivity index (χ2v) is 8.88. The minimum atomic E-state index is -0.254. The van der Waals surface area contributed by atoms with Crippen LogP contribution in [0.2, 0.25) is 0 Å². The van der Waals surface area contributed by atoms with Gasteiger partial charge in [-0.1, -0.05) is 49.9 Å². The third kappa shape index (κ3) is 3.49. The maximum Gasteiger partial charge on any atom is 0.255 e. The molecule has 1 aliphatic rings. The van der Waals surface area contributed by atoms with Crippen molar-refractivity contribution in [1.82, 2.24) is 15.0 Å². The Morgan fingerprint density at radius 3 is 2.96 bits per heavy atom. The Labute approximate surface area is 170 Å². The largest absolute Gasteiger partial charge is 0.301 e. The molecule has 1 amide bonds. The highest BCUT2D eigenvalue weighted by Crippen LogP contribution is 2.42. The number of anilines is 1. The monoisotopic (exact) mass is 412 g/mol. The Hall–Kier alpha value is -2.45. The lowest BCUT2D eigenvalue weighted by Crippen LogP contribution is -2.36. The Kier molecular flexibility index (Phi) is 5.07. The van der Waals surface area contributed by atoms with Crippen LogP contribution in [-0.2, 0) is 16.6 Å². The summed E-state index contributed by atoms with van der Waals surface area (Å²) in [4.78, 5) is 36.7. The van der Waals surface area contributed by atoms with Gasteiger partial charge in [0.1, 0.15) is 0 Å². The van der Waals surface area contributed by atoms with Gasteiger partial charge in [0.25, 0.3) is 5.56 Å². The molecular formula is C20H20N4O2S2. The molecule has 1 aromatic carbocycles. The highest BCUT2D eigenvalue weighted by molar-refractivity contribution is 7.99. The molecule has 3 aromatic rings. The van der Waals surface area contributed by atoms with Gasteiger partial charge in [-0.15, -0.1) is 11.3 Å². The van der Waals surface area contributed by atoms with Crippen LogP contribution in [0.3, 0.4) is 0 Å². The van der Waals surface area contributed by atoms with Crippen LogP contribution in [0.25, 0.3) is 11.3 Å². The Morgan fingerprint density at radius 2 is 2.21 bits per heavy atom. The fourth-order valence-corrected chi connectivity index (χ4v) is 4.77. The van der Waals surface area contributed by atoms with Gasteiger partial charge in [-0.25, -0.2) is 9.97 Å². The van der Waals surface area contributed by atoms with E-state index < -0.39 is 0 Å². The summed E-state index contributed by atoms with van der Waals surface area (Å²) in [5, 5.41) is 5.55. The van der Waals surface area contributed by atoms with Crippen LogP contribution in [0, 0.1) is 0 Å². The predicted octanol–water partition coefficient (Wildman–Crippen LogP) is 3.85. The average molecular weight is 413 g/mol. The fraction of sp³-hybridized carbons (Fsp3) is 0.300. The number of amides is 1. The first kappa shape index (κ1) is 18.9.